The van der Waals surface area contributed by atoms with Crippen LogP contribution < -0.4 is 0 Å². The first kappa shape index (κ1) is 10.2. The van der Waals surface area contributed by atoms with Crippen LogP contribution in [-0.4, -0.2) is 29.5 Å². The van der Waals surface area contributed by atoms with Crippen LogP contribution >= 0.6 is 11.8 Å². The van der Waals surface area contributed by atoms with E-state index in [-0.39, 0.29) is 5.97 Å². The smallest absolute Gasteiger partial charge is 0.353 e. The van der Waals surface area contributed by atoms with Gasteiger partial charge in [0.25, 0.3) is 0 Å². The first-order valence-corrected chi connectivity index (χ1v) is 5.44. The van der Waals surface area contributed by atoms with Crippen LogP contribution in [0.3, 0.4) is 0 Å². The molecular formula is C10H10N2O2S. The number of methoxy groups -OCH3 is 1. The third kappa shape index (κ3) is 2.02. The second kappa shape index (κ2) is 4.02. The van der Waals surface area contributed by atoms with Crippen LogP contribution in [0.1, 0.15) is 5.56 Å². The van der Waals surface area contributed by atoms with Crippen molar-refractivity contribution >= 4 is 29.3 Å². The van der Waals surface area contributed by atoms with Crippen LogP contribution in [0.4, 0.5) is 5.82 Å². The minimum absolute atomic E-state index is 0.379. The van der Waals surface area contributed by atoms with E-state index in [0.717, 1.165) is 10.5 Å². The normalized spacial score (nSPS) is 14.1. The number of aryl methyl sites for hydroxylation is 1. The number of rotatable bonds is 1. The number of fused-ring (bicyclic) bond motifs is 1. The summed E-state index contributed by atoms with van der Waals surface area (Å²) in [5.74, 6) is 0.776. The molecule has 1 aliphatic heterocycles. The van der Waals surface area contributed by atoms with Crippen LogP contribution in [0, 0.1) is 6.92 Å². The van der Waals surface area contributed by atoms with Gasteiger partial charge in [0, 0.05) is 11.9 Å². The summed E-state index contributed by atoms with van der Waals surface area (Å²) in [5.41, 5.74) is 1.52. The summed E-state index contributed by atoms with van der Waals surface area (Å²) in [6, 6.07) is 2.02. The lowest BCUT2D eigenvalue weighted by molar-refractivity contribution is -0.132. The first-order valence-electron chi connectivity index (χ1n) is 4.46. The average molecular weight is 222 g/mol. The number of aliphatic imine (C=N–C) groups is 1. The van der Waals surface area contributed by atoms with E-state index in [2.05, 4.69) is 14.7 Å². The van der Waals surface area contributed by atoms with Crippen LogP contribution in [0.15, 0.2) is 22.2 Å². The van der Waals surface area contributed by atoms with Gasteiger partial charge in [-0.1, -0.05) is 0 Å². The predicted molar refractivity (Wildman–Crippen MR) is 58.8 cm³/mol. The molecule has 0 aromatic carbocycles. The van der Waals surface area contributed by atoms with Gasteiger partial charge in [0.2, 0.25) is 0 Å². The van der Waals surface area contributed by atoms with Crippen molar-refractivity contribution in [2.75, 3.05) is 12.9 Å². The van der Waals surface area contributed by atoms with Crippen molar-refractivity contribution < 1.29 is 9.53 Å². The highest BCUT2D eigenvalue weighted by molar-refractivity contribution is 8.00. The Kier molecular flexibility index (Phi) is 2.73. The van der Waals surface area contributed by atoms with Gasteiger partial charge in [-0.25, -0.2) is 14.8 Å². The van der Waals surface area contributed by atoms with Crippen LogP contribution in [0.2, 0.25) is 0 Å². The molecule has 0 atom stereocenters. The van der Waals surface area contributed by atoms with Crippen molar-refractivity contribution in [1.29, 1.82) is 0 Å². The number of carbonyl (C=O) groups is 1. The fourth-order valence-corrected chi connectivity index (χ4v) is 2.23. The molecule has 1 aliphatic rings. The quantitative estimate of drug-likeness (QED) is 0.679. The van der Waals surface area contributed by atoms with E-state index in [0.29, 0.717) is 17.3 Å². The molecule has 0 unspecified atom stereocenters. The maximum absolute atomic E-state index is 11.2. The van der Waals surface area contributed by atoms with Gasteiger partial charge in [0.05, 0.1) is 12.0 Å². The SMILES string of the molecule is COC(=O)C1=Nc2ncc(C)cc2SC1. The molecule has 1 aromatic rings. The molecule has 0 amide bonds. The molecule has 4 nitrogen and oxygen atoms in total. The summed E-state index contributed by atoms with van der Waals surface area (Å²) in [5, 5.41) is 0. The van der Waals surface area contributed by atoms with Crippen molar-refractivity contribution in [3.63, 3.8) is 0 Å². The second-order valence-corrected chi connectivity index (χ2v) is 4.19. The number of carbonyl (C=O) groups excluding carboxylic acids is 1. The van der Waals surface area contributed by atoms with Gasteiger partial charge in [-0.05, 0) is 18.6 Å². The second-order valence-electron chi connectivity index (χ2n) is 3.17. The number of ether oxygens (including phenoxy) is 1. The number of hydrogen-bond donors (Lipinski definition) is 0. The molecular weight excluding hydrogens is 212 g/mol. The topological polar surface area (TPSA) is 51.5 Å². The maximum Gasteiger partial charge on any atom is 0.353 e. The molecule has 1 aromatic heterocycles. The van der Waals surface area contributed by atoms with E-state index >= 15 is 0 Å². The average Bonchev–Trinajstić information content (AvgIpc) is 2.27. The summed E-state index contributed by atoms with van der Waals surface area (Å²) >= 11 is 1.56. The lowest BCUT2D eigenvalue weighted by Crippen LogP contribution is -2.19. The Hall–Kier alpha value is -1.36. The lowest BCUT2D eigenvalue weighted by atomic mass is 10.3. The van der Waals surface area contributed by atoms with E-state index < -0.39 is 0 Å². The Labute approximate surface area is 91.8 Å². The molecule has 15 heavy (non-hydrogen) atoms. The fraction of sp³-hybridized carbons (Fsp3) is 0.300. The highest BCUT2D eigenvalue weighted by atomic mass is 32.2. The van der Waals surface area contributed by atoms with Gasteiger partial charge in [-0.3, -0.25) is 0 Å². The zero-order chi connectivity index (χ0) is 10.8. The van der Waals surface area contributed by atoms with Crippen LogP contribution in [0.5, 0.6) is 0 Å². The highest BCUT2D eigenvalue weighted by Gasteiger charge is 2.19. The third-order valence-corrected chi connectivity index (χ3v) is 3.03. The number of aromatic nitrogens is 1. The van der Waals surface area contributed by atoms with Gasteiger partial charge < -0.3 is 4.74 Å². The number of pyridine rings is 1. The van der Waals surface area contributed by atoms with Crippen molar-refractivity contribution in [1.82, 2.24) is 4.98 Å². The third-order valence-electron chi connectivity index (χ3n) is 2.00. The van der Waals surface area contributed by atoms with Gasteiger partial charge in [-0.15, -0.1) is 11.8 Å². The van der Waals surface area contributed by atoms with E-state index in [1.165, 1.54) is 7.11 Å². The van der Waals surface area contributed by atoms with E-state index in [1.807, 2.05) is 13.0 Å². The molecule has 5 heteroatoms. The van der Waals surface area contributed by atoms with Gasteiger partial charge >= 0.3 is 5.97 Å². The Morgan fingerprint density at radius 1 is 1.60 bits per heavy atom. The first-order chi connectivity index (χ1) is 7.20. The molecule has 0 saturated heterocycles. The van der Waals surface area contributed by atoms with E-state index in [4.69, 9.17) is 0 Å². The minimum atomic E-state index is -0.379. The number of nitrogens with zero attached hydrogens (tertiary/aromatic N) is 2. The lowest BCUT2D eigenvalue weighted by Gasteiger charge is -2.12. The Morgan fingerprint density at radius 2 is 2.40 bits per heavy atom. The summed E-state index contributed by atoms with van der Waals surface area (Å²) in [4.78, 5) is 20.6. The van der Waals surface area contributed by atoms with Crippen molar-refractivity contribution in [3.8, 4) is 0 Å². The summed E-state index contributed by atoms with van der Waals surface area (Å²) < 4.78 is 4.62. The van der Waals surface area contributed by atoms with Gasteiger partial charge in [0.15, 0.2) is 5.82 Å². The Bertz CT molecular complexity index is 443. The van der Waals surface area contributed by atoms with Gasteiger partial charge in [0.1, 0.15) is 5.71 Å². The number of esters is 1. The minimum Gasteiger partial charge on any atom is -0.465 e. The highest BCUT2D eigenvalue weighted by Crippen LogP contribution is 2.32. The van der Waals surface area contributed by atoms with E-state index in [1.54, 1.807) is 18.0 Å². The molecule has 0 bridgehead atoms. The molecule has 78 valence electrons. The molecule has 2 heterocycles. The molecule has 0 fully saturated rings. The predicted octanol–water partition coefficient (Wildman–Crippen LogP) is 1.74. The van der Waals surface area contributed by atoms with Crippen LogP contribution in [0.25, 0.3) is 0 Å². The van der Waals surface area contributed by atoms with Crippen molar-refractivity contribution in [2.45, 2.75) is 11.8 Å². The molecule has 0 spiro atoms. The zero-order valence-corrected chi connectivity index (χ0v) is 9.30. The largest absolute Gasteiger partial charge is 0.465 e. The van der Waals surface area contributed by atoms with Crippen molar-refractivity contribution in [3.05, 3.63) is 17.8 Å². The molecule has 0 N–H and O–H groups in total. The monoisotopic (exact) mass is 222 g/mol. The summed E-state index contributed by atoms with van der Waals surface area (Å²) in [6.45, 7) is 1.98. The Morgan fingerprint density at radius 3 is 3.13 bits per heavy atom. The maximum atomic E-state index is 11.2. The zero-order valence-electron chi connectivity index (χ0n) is 8.48. The Balaban J connectivity index is 2.37. The summed E-state index contributed by atoms with van der Waals surface area (Å²) in [6.07, 6.45) is 1.74. The van der Waals surface area contributed by atoms with E-state index in [9.17, 15) is 4.79 Å². The standard InChI is InChI=1S/C10H10N2O2S/c1-6-3-8-9(11-4-6)12-7(5-15-8)10(13)14-2/h3-4H,5H2,1-2H3. The molecule has 0 radical (unpaired) electrons. The summed E-state index contributed by atoms with van der Waals surface area (Å²) in [7, 11) is 1.35. The number of hydrogen-bond acceptors (Lipinski definition) is 5. The van der Waals surface area contributed by atoms with Gasteiger partial charge in [-0.2, -0.15) is 0 Å². The molecule has 0 aliphatic carbocycles. The number of thioether (sulfide) groups is 1. The van der Waals surface area contributed by atoms with Crippen molar-refractivity contribution in [2.24, 2.45) is 4.99 Å². The molecule has 0 saturated carbocycles. The fourth-order valence-electron chi connectivity index (χ4n) is 1.25. The van der Waals surface area contributed by atoms with Crippen LogP contribution in [-0.2, 0) is 9.53 Å². The molecule has 2 rings (SSSR count).